The zero-order valence-electron chi connectivity index (χ0n) is 16.7. The highest BCUT2D eigenvalue weighted by Gasteiger charge is 2.21. The van der Waals surface area contributed by atoms with E-state index < -0.39 is 0 Å². The number of benzene rings is 1. The predicted octanol–water partition coefficient (Wildman–Crippen LogP) is 3.52. The molecule has 0 unspecified atom stereocenters. The quantitative estimate of drug-likeness (QED) is 0.416. The monoisotopic (exact) mass is 479 g/mol. The normalized spacial score (nSPS) is 14.7. The van der Waals surface area contributed by atoms with Crippen molar-refractivity contribution < 1.29 is 0 Å². The Morgan fingerprint density at radius 2 is 1.74 bits per heavy atom. The van der Waals surface area contributed by atoms with Gasteiger partial charge in [0.05, 0.1) is 12.2 Å². The van der Waals surface area contributed by atoms with Crippen LogP contribution in [0.4, 0.5) is 5.69 Å². The van der Waals surface area contributed by atoms with Gasteiger partial charge in [0.25, 0.3) is 0 Å². The fraction of sp³-hybridized carbons (Fsp3) is 0.429. The summed E-state index contributed by atoms with van der Waals surface area (Å²) < 4.78 is 0. The maximum Gasteiger partial charge on any atom is 0.194 e. The van der Waals surface area contributed by atoms with Crippen LogP contribution in [0.1, 0.15) is 22.5 Å². The van der Waals surface area contributed by atoms with Crippen molar-refractivity contribution in [2.75, 3.05) is 38.1 Å². The van der Waals surface area contributed by atoms with Crippen LogP contribution in [0.2, 0.25) is 0 Å². The first-order valence-corrected chi connectivity index (χ1v) is 9.28. The lowest BCUT2D eigenvalue weighted by molar-refractivity contribution is 0.372. The van der Waals surface area contributed by atoms with Gasteiger partial charge in [0.1, 0.15) is 0 Å². The van der Waals surface area contributed by atoms with Crippen LogP contribution in [0.5, 0.6) is 0 Å². The maximum atomic E-state index is 4.55. The highest BCUT2D eigenvalue weighted by Crippen LogP contribution is 2.23. The standard InChI is InChI=1S/C21H29N5.HI/c1-16-7-5-10-20(18(16)3)25-11-13-26(14-12-25)21(22-4)23-15-19-9-6-8-17(2)24-19;/h5-10H,11-15H2,1-4H3,(H,22,23);1H. The smallest absolute Gasteiger partial charge is 0.194 e. The Balaban J connectivity index is 0.00000261. The van der Waals surface area contributed by atoms with Gasteiger partial charge in [-0.3, -0.25) is 9.98 Å². The maximum absolute atomic E-state index is 4.55. The molecule has 0 saturated carbocycles. The Hall–Kier alpha value is -1.83. The van der Waals surface area contributed by atoms with Crippen molar-refractivity contribution in [1.82, 2.24) is 15.2 Å². The lowest BCUT2D eigenvalue weighted by Gasteiger charge is -2.38. The number of aryl methyl sites for hydroxylation is 2. The number of guanidine groups is 1. The van der Waals surface area contributed by atoms with Gasteiger partial charge in [0, 0.05) is 44.6 Å². The molecule has 0 atom stereocenters. The number of piperazine rings is 1. The van der Waals surface area contributed by atoms with E-state index in [1.165, 1.54) is 16.8 Å². The molecule has 0 spiro atoms. The number of halogens is 1. The van der Waals surface area contributed by atoms with Gasteiger partial charge in [-0.05, 0) is 50.1 Å². The summed E-state index contributed by atoms with van der Waals surface area (Å²) in [7, 11) is 1.85. The third kappa shape index (κ3) is 5.34. The van der Waals surface area contributed by atoms with Crippen molar-refractivity contribution in [3.05, 3.63) is 58.9 Å². The molecular weight excluding hydrogens is 449 g/mol. The third-order valence-corrected chi connectivity index (χ3v) is 5.08. The molecule has 1 fully saturated rings. The number of anilines is 1. The summed E-state index contributed by atoms with van der Waals surface area (Å²) in [4.78, 5) is 13.8. The molecule has 1 aromatic carbocycles. The second-order valence-electron chi connectivity index (χ2n) is 6.86. The van der Waals surface area contributed by atoms with E-state index in [9.17, 15) is 0 Å². The molecule has 1 N–H and O–H groups in total. The van der Waals surface area contributed by atoms with Crippen LogP contribution in [0.3, 0.4) is 0 Å². The van der Waals surface area contributed by atoms with Crippen LogP contribution in [-0.4, -0.2) is 49.1 Å². The Morgan fingerprint density at radius 3 is 2.41 bits per heavy atom. The van der Waals surface area contributed by atoms with E-state index in [1.54, 1.807) is 0 Å². The van der Waals surface area contributed by atoms with Gasteiger partial charge in [-0.2, -0.15) is 0 Å². The van der Waals surface area contributed by atoms with E-state index >= 15 is 0 Å². The molecule has 0 bridgehead atoms. The minimum Gasteiger partial charge on any atom is -0.368 e. The number of nitrogens with zero attached hydrogens (tertiary/aromatic N) is 4. The van der Waals surface area contributed by atoms with Gasteiger partial charge < -0.3 is 15.1 Å². The van der Waals surface area contributed by atoms with Crippen molar-refractivity contribution in [2.24, 2.45) is 4.99 Å². The number of hydrogen-bond donors (Lipinski definition) is 1. The summed E-state index contributed by atoms with van der Waals surface area (Å²) in [5.41, 5.74) is 6.18. The number of aliphatic imine (C=N–C) groups is 1. The van der Waals surface area contributed by atoms with Crippen molar-refractivity contribution in [2.45, 2.75) is 27.3 Å². The van der Waals surface area contributed by atoms with Crippen LogP contribution in [-0.2, 0) is 6.54 Å². The largest absolute Gasteiger partial charge is 0.368 e. The molecule has 1 aliphatic heterocycles. The second-order valence-corrected chi connectivity index (χ2v) is 6.86. The molecule has 2 heterocycles. The van der Waals surface area contributed by atoms with Crippen molar-refractivity contribution >= 4 is 35.6 Å². The van der Waals surface area contributed by atoms with Crippen molar-refractivity contribution in [3.63, 3.8) is 0 Å². The topological polar surface area (TPSA) is 43.8 Å². The first-order chi connectivity index (χ1) is 12.6. The lowest BCUT2D eigenvalue weighted by Crippen LogP contribution is -2.52. The Bertz CT molecular complexity index is 782. The Kier molecular flexibility index (Phi) is 7.89. The summed E-state index contributed by atoms with van der Waals surface area (Å²) in [6, 6.07) is 12.7. The van der Waals surface area contributed by atoms with Crippen LogP contribution in [0, 0.1) is 20.8 Å². The molecule has 1 saturated heterocycles. The van der Waals surface area contributed by atoms with Gasteiger partial charge in [-0.15, -0.1) is 24.0 Å². The summed E-state index contributed by atoms with van der Waals surface area (Å²) >= 11 is 0. The number of aromatic nitrogens is 1. The van der Waals surface area contributed by atoms with Gasteiger partial charge in [0.2, 0.25) is 0 Å². The van der Waals surface area contributed by atoms with E-state index in [2.05, 4.69) is 57.1 Å². The number of hydrogen-bond acceptors (Lipinski definition) is 3. The molecule has 1 aromatic heterocycles. The van der Waals surface area contributed by atoms with E-state index in [4.69, 9.17) is 0 Å². The molecule has 3 rings (SSSR count). The van der Waals surface area contributed by atoms with Crippen LogP contribution in [0.15, 0.2) is 41.4 Å². The highest BCUT2D eigenvalue weighted by atomic mass is 127. The molecule has 5 nitrogen and oxygen atoms in total. The van der Waals surface area contributed by atoms with Crippen LogP contribution >= 0.6 is 24.0 Å². The summed E-state index contributed by atoms with van der Waals surface area (Å²) in [6.07, 6.45) is 0. The van der Waals surface area contributed by atoms with Crippen LogP contribution < -0.4 is 10.2 Å². The van der Waals surface area contributed by atoms with E-state index in [0.29, 0.717) is 6.54 Å². The molecule has 0 amide bonds. The minimum absolute atomic E-state index is 0. The second kappa shape index (κ2) is 9.92. The average Bonchev–Trinajstić information content (AvgIpc) is 2.65. The Morgan fingerprint density at radius 1 is 1.04 bits per heavy atom. The Labute approximate surface area is 179 Å². The highest BCUT2D eigenvalue weighted by molar-refractivity contribution is 14.0. The molecule has 2 aromatic rings. The number of pyridine rings is 1. The molecule has 146 valence electrons. The van der Waals surface area contributed by atoms with E-state index in [0.717, 1.165) is 43.5 Å². The summed E-state index contributed by atoms with van der Waals surface area (Å²) in [5, 5.41) is 3.45. The van der Waals surface area contributed by atoms with Crippen molar-refractivity contribution in [1.29, 1.82) is 0 Å². The molecule has 6 heteroatoms. The zero-order valence-corrected chi connectivity index (χ0v) is 19.0. The fourth-order valence-corrected chi connectivity index (χ4v) is 3.44. The summed E-state index contributed by atoms with van der Waals surface area (Å²) in [5.74, 6) is 0.953. The first-order valence-electron chi connectivity index (χ1n) is 9.28. The first kappa shape index (κ1) is 21.5. The van der Waals surface area contributed by atoms with Gasteiger partial charge in [-0.1, -0.05) is 18.2 Å². The van der Waals surface area contributed by atoms with Crippen molar-refractivity contribution in [3.8, 4) is 0 Å². The zero-order chi connectivity index (χ0) is 18.5. The summed E-state index contributed by atoms with van der Waals surface area (Å²) in [6.45, 7) is 11.1. The SMILES string of the molecule is CN=C(NCc1cccc(C)n1)N1CCN(c2cccc(C)c2C)CC1.I. The molecular formula is C21H30IN5. The van der Waals surface area contributed by atoms with E-state index in [1.807, 2.05) is 32.2 Å². The van der Waals surface area contributed by atoms with Crippen LogP contribution in [0.25, 0.3) is 0 Å². The predicted molar refractivity (Wildman–Crippen MR) is 124 cm³/mol. The molecule has 0 aliphatic carbocycles. The van der Waals surface area contributed by atoms with Gasteiger partial charge in [-0.25, -0.2) is 0 Å². The number of nitrogens with one attached hydrogen (secondary N) is 1. The lowest BCUT2D eigenvalue weighted by atomic mass is 10.1. The minimum atomic E-state index is 0. The molecule has 0 radical (unpaired) electrons. The molecule has 27 heavy (non-hydrogen) atoms. The van der Waals surface area contributed by atoms with E-state index in [-0.39, 0.29) is 24.0 Å². The molecule has 1 aliphatic rings. The third-order valence-electron chi connectivity index (χ3n) is 5.08. The average molecular weight is 479 g/mol. The van der Waals surface area contributed by atoms with Gasteiger partial charge in [0.15, 0.2) is 5.96 Å². The number of rotatable bonds is 3. The van der Waals surface area contributed by atoms with Gasteiger partial charge >= 0.3 is 0 Å². The fourth-order valence-electron chi connectivity index (χ4n) is 3.44.